The minimum absolute atomic E-state index is 0.132. The molecule has 0 aliphatic carbocycles. The van der Waals surface area contributed by atoms with Crippen LogP contribution in [0.3, 0.4) is 0 Å². The summed E-state index contributed by atoms with van der Waals surface area (Å²) in [7, 11) is 0. The molecular weight excluding hydrogens is 406 g/mol. The van der Waals surface area contributed by atoms with Crippen LogP contribution in [0.1, 0.15) is 35.7 Å². The Labute approximate surface area is 185 Å². The molecule has 5 nitrogen and oxygen atoms in total. The number of hydrogen-bond donors (Lipinski definition) is 0. The Hall–Kier alpha value is -3.12. The van der Waals surface area contributed by atoms with Crippen molar-refractivity contribution in [3.63, 3.8) is 0 Å². The molecule has 0 saturated heterocycles. The summed E-state index contributed by atoms with van der Waals surface area (Å²) < 4.78 is 7.97. The molecule has 1 atom stereocenters. The van der Waals surface area contributed by atoms with Gasteiger partial charge in [-0.15, -0.1) is 11.3 Å². The van der Waals surface area contributed by atoms with Crippen molar-refractivity contribution < 1.29 is 9.53 Å². The number of imidazole rings is 1. The lowest BCUT2D eigenvalue weighted by Gasteiger charge is -2.35. The molecule has 0 saturated carbocycles. The van der Waals surface area contributed by atoms with Crippen molar-refractivity contribution >= 4 is 28.3 Å². The molecular formula is C25H25N3O2S. The van der Waals surface area contributed by atoms with Crippen LogP contribution >= 0.6 is 11.3 Å². The fraction of sp³-hybridized carbons (Fsp3) is 0.280. The van der Waals surface area contributed by atoms with Crippen molar-refractivity contribution in [1.29, 1.82) is 0 Å². The second kappa shape index (κ2) is 8.55. The van der Waals surface area contributed by atoms with Gasteiger partial charge >= 0.3 is 0 Å². The summed E-state index contributed by atoms with van der Waals surface area (Å²) in [6, 6.07) is 20.0. The summed E-state index contributed by atoms with van der Waals surface area (Å²) in [5, 5.41) is 2.14. The van der Waals surface area contributed by atoms with Crippen LogP contribution in [0, 0.1) is 0 Å². The first-order valence-corrected chi connectivity index (χ1v) is 11.6. The van der Waals surface area contributed by atoms with Gasteiger partial charge in [-0.1, -0.05) is 37.3 Å². The SMILES string of the molecule is CCC1c2ccsc2CCN1C(=O)Cn1c(COc2ccccc2)nc2ccccc21. The molecule has 0 N–H and O–H groups in total. The zero-order valence-electron chi connectivity index (χ0n) is 17.5. The lowest BCUT2D eigenvalue weighted by molar-refractivity contribution is -0.134. The highest BCUT2D eigenvalue weighted by Gasteiger charge is 2.30. The third kappa shape index (κ3) is 3.83. The third-order valence-electron chi connectivity index (χ3n) is 5.94. The van der Waals surface area contributed by atoms with Crippen LogP contribution in [0.2, 0.25) is 0 Å². The minimum atomic E-state index is 0.132. The number of fused-ring (bicyclic) bond motifs is 2. The number of benzene rings is 2. The summed E-state index contributed by atoms with van der Waals surface area (Å²) in [5.74, 6) is 1.69. The molecule has 5 rings (SSSR count). The van der Waals surface area contributed by atoms with Gasteiger partial charge in [0.05, 0.1) is 17.1 Å². The highest BCUT2D eigenvalue weighted by molar-refractivity contribution is 7.10. The number of carbonyl (C=O) groups excluding carboxylic acids is 1. The highest BCUT2D eigenvalue weighted by Crippen LogP contribution is 2.35. The van der Waals surface area contributed by atoms with Crippen LogP contribution in [0.5, 0.6) is 5.75 Å². The van der Waals surface area contributed by atoms with E-state index in [1.165, 1.54) is 10.4 Å². The maximum Gasteiger partial charge on any atom is 0.243 e. The maximum absolute atomic E-state index is 13.5. The van der Waals surface area contributed by atoms with E-state index in [1.54, 1.807) is 11.3 Å². The molecule has 31 heavy (non-hydrogen) atoms. The first kappa shape index (κ1) is 19.8. The number of carbonyl (C=O) groups is 1. The topological polar surface area (TPSA) is 47.4 Å². The van der Waals surface area contributed by atoms with Crippen molar-refractivity contribution in [1.82, 2.24) is 14.5 Å². The lowest BCUT2D eigenvalue weighted by Crippen LogP contribution is -2.41. The van der Waals surface area contributed by atoms with Crippen LogP contribution in [-0.4, -0.2) is 26.9 Å². The average Bonchev–Trinajstić information content (AvgIpc) is 3.42. The fourth-order valence-corrected chi connectivity index (χ4v) is 5.37. The quantitative estimate of drug-likeness (QED) is 0.421. The number of aromatic nitrogens is 2. The van der Waals surface area contributed by atoms with Crippen LogP contribution < -0.4 is 4.74 Å². The number of ether oxygens (including phenoxy) is 1. The Morgan fingerprint density at radius 1 is 1.13 bits per heavy atom. The smallest absolute Gasteiger partial charge is 0.243 e. The van der Waals surface area contributed by atoms with Gasteiger partial charge in [0, 0.05) is 11.4 Å². The van der Waals surface area contributed by atoms with Crippen LogP contribution in [0.4, 0.5) is 0 Å². The number of para-hydroxylation sites is 3. The van der Waals surface area contributed by atoms with Crippen LogP contribution in [0.25, 0.3) is 11.0 Å². The normalized spacial score (nSPS) is 15.8. The standard InChI is InChI=1S/C25H25N3O2S/c1-2-21-19-13-15-31-23(19)12-14-27(21)25(29)16-28-22-11-7-6-10-20(22)26-24(28)17-30-18-8-4-3-5-9-18/h3-11,13,15,21H,2,12,14,16-17H2,1H3. The second-order valence-corrected chi connectivity index (χ2v) is 8.77. The van der Waals surface area contributed by atoms with Crippen molar-refractivity contribution in [3.8, 4) is 5.75 Å². The molecule has 1 amide bonds. The van der Waals surface area contributed by atoms with E-state index in [9.17, 15) is 4.79 Å². The predicted octanol–water partition coefficient (Wildman–Crippen LogP) is 5.21. The van der Waals surface area contributed by atoms with Gasteiger partial charge in [0.1, 0.15) is 24.7 Å². The molecule has 4 aromatic rings. The van der Waals surface area contributed by atoms with E-state index in [1.807, 2.05) is 64.1 Å². The van der Waals surface area contributed by atoms with Gasteiger partial charge in [-0.2, -0.15) is 0 Å². The molecule has 0 spiro atoms. The van der Waals surface area contributed by atoms with Crippen molar-refractivity contribution in [2.45, 2.75) is 39.0 Å². The highest BCUT2D eigenvalue weighted by atomic mass is 32.1. The number of rotatable bonds is 6. The van der Waals surface area contributed by atoms with Gasteiger partial charge in [0.25, 0.3) is 0 Å². The number of thiophene rings is 1. The molecule has 3 heterocycles. The zero-order valence-corrected chi connectivity index (χ0v) is 18.3. The summed E-state index contributed by atoms with van der Waals surface area (Å²) in [6.45, 7) is 3.51. The summed E-state index contributed by atoms with van der Waals surface area (Å²) in [5.41, 5.74) is 3.16. The number of amides is 1. The van der Waals surface area contributed by atoms with E-state index in [0.29, 0.717) is 6.61 Å². The van der Waals surface area contributed by atoms with Crippen molar-refractivity contribution in [3.05, 3.63) is 82.3 Å². The lowest BCUT2D eigenvalue weighted by atomic mass is 9.98. The maximum atomic E-state index is 13.5. The average molecular weight is 432 g/mol. The summed E-state index contributed by atoms with van der Waals surface area (Å²) >= 11 is 1.80. The first-order valence-electron chi connectivity index (χ1n) is 10.7. The van der Waals surface area contributed by atoms with Gasteiger partial charge in [0.15, 0.2) is 0 Å². The van der Waals surface area contributed by atoms with Gasteiger partial charge in [-0.05, 0) is 54.1 Å². The Balaban J connectivity index is 1.42. The molecule has 0 radical (unpaired) electrons. The number of nitrogens with zero attached hydrogens (tertiary/aromatic N) is 3. The molecule has 0 fully saturated rings. The molecule has 1 unspecified atom stereocenters. The largest absolute Gasteiger partial charge is 0.486 e. The molecule has 6 heteroatoms. The number of hydrogen-bond acceptors (Lipinski definition) is 4. The van der Waals surface area contributed by atoms with Crippen molar-refractivity contribution in [2.75, 3.05) is 6.54 Å². The molecule has 1 aliphatic heterocycles. The van der Waals surface area contributed by atoms with E-state index in [2.05, 4.69) is 18.4 Å². The van der Waals surface area contributed by atoms with Crippen LogP contribution in [0.15, 0.2) is 66.0 Å². The first-order chi connectivity index (χ1) is 15.2. The minimum Gasteiger partial charge on any atom is -0.486 e. The Bertz CT molecular complexity index is 1200. The van der Waals surface area contributed by atoms with E-state index >= 15 is 0 Å². The third-order valence-corrected chi connectivity index (χ3v) is 6.94. The summed E-state index contributed by atoms with van der Waals surface area (Å²) in [4.78, 5) is 21.7. The van der Waals surface area contributed by atoms with Gasteiger partial charge < -0.3 is 14.2 Å². The molecule has 1 aliphatic rings. The Kier molecular flexibility index (Phi) is 5.47. The second-order valence-electron chi connectivity index (χ2n) is 7.76. The summed E-state index contributed by atoms with van der Waals surface area (Å²) in [6.07, 6.45) is 1.86. The molecule has 2 aromatic heterocycles. The molecule has 2 aromatic carbocycles. The van der Waals surface area contributed by atoms with E-state index in [0.717, 1.165) is 42.0 Å². The van der Waals surface area contributed by atoms with E-state index in [4.69, 9.17) is 9.72 Å². The monoisotopic (exact) mass is 431 g/mol. The Morgan fingerprint density at radius 3 is 2.77 bits per heavy atom. The van der Waals surface area contributed by atoms with Gasteiger partial charge in [-0.3, -0.25) is 4.79 Å². The fourth-order valence-electron chi connectivity index (χ4n) is 4.44. The van der Waals surface area contributed by atoms with E-state index < -0.39 is 0 Å². The predicted molar refractivity (Wildman–Crippen MR) is 123 cm³/mol. The van der Waals surface area contributed by atoms with Gasteiger partial charge in [0.2, 0.25) is 5.91 Å². The Morgan fingerprint density at radius 2 is 1.94 bits per heavy atom. The zero-order chi connectivity index (χ0) is 21.2. The molecule has 0 bridgehead atoms. The van der Waals surface area contributed by atoms with Gasteiger partial charge in [-0.25, -0.2) is 4.98 Å². The van der Waals surface area contributed by atoms with E-state index in [-0.39, 0.29) is 18.5 Å². The molecule has 158 valence electrons. The van der Waals surface area contributed by atoms with Crippen LogP contribution in [-0.2, 0) is 24.4 Å². The van der Waals surface area contributed by atoms with Crippen molar-refractivity contribution in [2.24, 2.45) is 0 Å².